The molecule has 106 valence electrons. The molecule has 0 N–H and O–H groups in total. The van der Waals surface area contributed by atoms with Gasteiger partial charge in [-0.2, -0.15) is 4.31 Å². The highest BCUT2D eigenvalue weighted by molar-refractivity contribution is 7.89. The molecule has 0 spiro atoms. The lowest BCUT2D eigenvalue weighted by atomic mass is 10.3. The molecule has 0 aliphatic carbocycles. The third-order valence-electron chi connectivity index (χ3n) is 3.40. The lowest BCUT2D eigenvalue weighted by Crippen LogP contribution is -2.50. The van der Waals surface area contributed by atoms with Gasteiger partial charge in [0.05, 0.1) is 10.9 Å². The second-order valence-corrected chi connectivity index (χ2v) is 7.58. The van der Waals surface area contributed by atoms with E-state index in [0.717, 1.165) is 25.3 Å². The molecular formula is C13H21N3O2S. The fourth-order valence-electron chi connectivity index (χ4n) is 2.16. The summed E-state index contributed by atoms with van der Waals surface area (Å²) < 4.78 is 25.7. The maximum atomic E-state index is 12.0. The molecule has 1 aromatic rings. The first-order valence-electron chi connectivity index (χ1n) is 6.61. The molecule has 0 saturated carbocycles. The Bertz CT molecular complexity index is 494. The van der Waals surface area contributed by atoms with E-state index in [1.54, 1.807) is 24.3 Å². The summed E-state index contributed by atoms with van der Waals surface area (Å²) in [6, 6.07) is 5.87. The van der Waals surface area contributed by atoms with Crippen molar-refractivity contribution >= 4 is 10.0 Å². The minimum Gasteiger partial charge on any atom is -0.295 e. The average molecular weight is 283 g/mol. The van der Waals surface area contributed by atoms with Gasteiger partial charge in [0, 0.05) is 38.9 Å². The van der Waals surface area contributed by atoms with Crippen LogP contribution >= 0.6 is 0 Å². The number of piperazine rings is 1. The van der Waals surface area contributed by atoms with Gasteiger partial charge in [0.15, 0.2) is 0 Å². The molecule has 1 aliphatic heterocycles. The molecule has 0 aromatic carbocycles. The fraction of sp³-hybridized carbons (Fsp3) is 0.615. The summed E-state index contributed by atoms with van der Waals surface area (Å²) in [5.41, 5.74) is 1.03. The van der Waals surface area contributed by atoms with Crippen LogP contribution in [0.5, 0.6) is 0 Å². The Labute approximate surface area is 115 Å². The van der Waals surface area contributed by atoms with Crippen LogP contribution in [0.15, 0.2) is 24.4 Å². The first-order chi connectivity index (χ1) is 9.00. The molecule has 5 nitrogen and oxygen atoms in total. The third kappa shape index (κ3) is 3.52. The van der Waals surface area contributed by atoms with Crippen LogP contribution in [0.4, 0.5) is 0 Å². The van der Waals surface area contributed by atoms with E-state index in [0.29, 0.717) is 13.1 Å². The average Bonchev–Trinajstić information content (AvgIpc) is 2.40. The van der Waals surface area contributed by atoms with Crippen LogP contribution < -0.4 is 0 Å². The molecule has 1 aliphatic rings. The van der Waals surface area contributed by atoms with E-state index in [1.165, 1.54) is 0 Å². The monoisotopic (exact) mass is 283 g/mol. The van der Waals surface area contributed by atoms with Crippen molar-refractivity contribution in [1.29, 1.82) is 0 Å². The van der Waals surface area contributed by atoms with Crippen molar-refractivity contribution in [1.82, 2.24) is 14.2 Å². The van der Waals surface area contributed by atoms with Gasteiger partial charge in [-0.1, -0.05) is 6.07 Å². The number of nitrogens with zero attached hydrogens (tertiary/aromatic N) is 3. The normalized spacial score (nSPS) is 18.9. The summed E-state index contributed by atoms with van der Waals surface area (Å²) in [7, 11) is -3.11. The summed E-state index contributed by atoms with van der Waals surface area (Å²) in [5, 5.41) is -0.338. The zero-order valence-electron chi connectivity index (χ0n) is 11.5. The van der Waals surface area contributed by atoms with E-state index in [4.69, 9.17) is 0 Å². The molecule has 1 saturated heterocycles. The minimum absolute atomic E-state index is 0.338. The lowest BCUT2D eigenvalue weighted by Gasteiger charge is -2.34. The largest absolute Gasteiger partial charge is 0.295 e. The number of hydrogen-bond acceptors (Lipinski definition) is 4. The van der Waals surface area contributed by atoms with Gasteiger partial charge in [-0.05, 0) is 26.0 Å². The van der Waals surface area contributed by atoms with Crippen LogP contribution in [-0.4, -0.2) is 54.0 Å². The number of hydrogen-bond donors (Lipinski definition) is 0. The van der Waals surface area contributed by atoms with E-state index >= 15 is 0 Å². The van der Waals surface area contributed by atoms with E-state index in [1.807, 2.05) is 18.2 Å². The summed E-state index contributed by atoms with van der Waals surface area (Å²) >= 11 is 0. The Morgan fingerprint density at radius 1 is 1.21 bits per heavy atom. The van der Waals surface area contributed by atoms with Crippen molar-refractivity contribution in [3.05, 3.63) is 30.1 Å². The molecule has 0 radical (unpaired) electrons. The highest BCUT2D eigenvalue weighted by Gasteiger charge is 2.29. The Morgan fingerprint density at radius 3 is 2.42 bits per heavy atom. The Kier molecular flexibility index (Phi) is 4.54. The smallest absolute Gasteiger partial charge is 0.216 e. The van der Waals surface area contributed by atoms with Gasteiger partial charge >= 0.3 is 0 Å². The number of aromatic nitrogens is 1. The predicted molar refractivity (Wildman–Crippen MR) is 75.1 cm³/mol. The number of sulfonamides is 1. The summed E-state index contributed by atoms with van der Waals surface area (Å²) in [5.74, 6) is 0. The van der Waals surface area contributed by atoms with Crippen LogP contribution in [0.1, 0.15) is 19.5 Å². The maximum absolute atomic E-state index is 12.0. The topological polar surface area (TPSA) is 53.5 Å². The first-order valence-corrected chi connectivity index (χ1v) is 8.11. The summed E-state index contributed by atoms with van der Waals surface area (Å²) in [6.07, 6.45) is 1.79. The second kappa shape index (κ2) is 5.98. The summed E-state index contributed by atoms with van der Waals surface area (Å²) in [4.78, 5) is 6.54. The number of rotatable bonds is 4. The van der Waals surface area contributed by atoms with Crippen LogP contribution in [0.25, 0.3) is 0 Å². The lowest BCUT2D eigenvalue weighted by molar-refractivity contribution is 0.179. The van der Waals surface area contributed by atoms with Gasteiger partial charge in [-0.25, -0.2) is 8.42 Å². The van der Waals surface area contributed by atoms with E-state index in [2.05, 4.69) is 9.88 Å². The maximum Gasteiger partial charge on any atom is 0.216 e. The zero-order valence-corrected chi connectivity index (χ0v) is 12.3. The van der Waals surface area contributed by atoms with Crippen molar-refractivity contribution in [3.63, 3.8) is 0 Å². The zero-order chi connectivity index (χ0) is 13.9. The highest BCUT2D eigenvalue weighted by atomic mass is 32.2. The van der Waals surface area contributed by atoms with E-state index in [9.17, 15) is 8.42 Å². The fourth-order valence-corrected chi connectivity index (χ4v) is 3.43. The number of pyridine rings is 1. The van der Waals surface area contributed by atoms with Crippen LogP contribution in [0, 0.1) is 0 Å². The van der Waals surface area contributed by atoms with Crippen molar-refractivity contribution in [2.24, 2.45) is 0 Å². The van der Waals surface area contributed by atoms with Gasteiger partial charge in [0.1, 0.15) is 0 Å². The SMILES string of the molecule is CC(C)S(=O)(=O)N1CCN(Cc2ccccn2)CC1. The Morgan fingerprint density at radius 2 is 1.89 bits per heavy atom. The van der Waals surface area contributed by atoms with E-state index < -0.39 is 10.0 Å². The van der Waals surface area contributed by atoms with Gasteiger partial charge in [0.25, 0.3) is 0 Å². The van der Waals surface area contributed by atoms with Crippen LogP contribution in [-0.2, 0) is 16.6 Å². The predicted octanol–water partition coefficient (Wildman–Crippen LogP) is 0.937. The first kappa shape index (κ1) is 14.4. The van der Waals surface area contributed by atoms with Gasteiger partial charge in [0.2, 0.25) is 10.0 Å². The molecular weight excluding hydrogens is 262 g/mol. The van der Waals surface area contributed by atoms with Crippen molar-refractivity contribution < 1.29 is 8.42 Å². The van der Waals surface area contributed by atoms with Crippen molar-refractivity contribution in [3.8, 4) is 0 Å². The highest BCUT2D eigenvalue weighted by Crippen LogP contribution is 2.13. The Balaban J connectivity index is 1.90. The third-order valence-corrected chi connectivity index (χ3v) is 5.67. The molecule has 0 amide bonds. The molecule has 2 rings (SSSR count). The van der Waals surface area contributed by atoms with Gasteiger partial charge < -0.3 is 0 Å². The Hall–Kier alpha value is -0.980. The molecule has 1 aromatic heterocycles. The summed E-state index contributed by atoms with van der Waals surface area (Å²) in [6.45, 7) is 6.94. The molecule has 0 atom stereocenters. The van der Waals surface area contributed by atoms with Gasteiger partial charge in [-0.15, -0.1) is 0 Å². The molecule has 6 heteroatoms. The molecule has 1 fully saturated rings. The minimum atomic E-state index is -3.11. The quantitative estimate of drug-likeness (QED) is 0.825. The van der Waals surface area contributed by atoms with Crippen LogP contribution in [0.2, 0.25) is 0 Å². The molecule has 0 unspecified atom stereocenters. The van der Waals surface area contributed by atoms with Crippen molar-refractivity contribution in [2.75, 3.05) is 26.2 Å². The second-order valence-electron chi connectivity index (χ2n) is 5.09. The standard InChI is InChI=1S/C13H21N3O2S/c1-12(2)19(17,18)16-9-7-15(8-10-16)11-13-5-3-4-6-14-13/h3-6,12H,7-11H2,1-2H3. The molecule has 19 heavy (non-hydrogen) atoms. The van der Waals surface area contributed by atoms with Crippen LogP contribution in [0.3, 0.4) is 0 Å². The van der Waals surface area contributed by atoms with Gasteiger partial charge in [-0.3, -0.25) is 9.88 Å². The van der Waals surface area contributed by atoms with E-state index in [-0.39, 0.29) is 5.25 Å². The molecule has 2 heterocycles. The van der Waals surface area contributed by atoms with Crippen molar-refractivity contribution in [2.45, 2.75) is 25.6 Å². The molecule has 0 bridgehead atoms.